The van der Waals surface area contributed by atoms with Crippen LogP contribution in [0.3, 0.4) is 0 Å². The summed E-state index contributed by atoms with van der Waals surface area (Å²) in [5.74, 6) is -0.178. The van der Waals surface area contributed by atoms with Gasteiger partial charge in [-0.2, -0.15) is 0 Å². The Morgan fingerprint density at radius 3 is 2.65 bits per heavy atom. The number of amides is 1. The maximum absolute atomic E-state index is 12.0. The van der Waals surface area contributed by atoms with Gasteiger partial charge < -0.3 is 10.3 Å². The molecular weight excluding hydrogens is 252 g/mol. The zero-order valence-electron chi connectivity index (χ0n) is 11.6. The molecule has 1 aromatic carbocycles. The Morgan fingerprint density at radius 1 is 1.25 bits per heavy atom. The minimum atomic E-state index is -0.213. The topological polar surface area (TPSA) is 62.0 Å². The molecule has 0 spiro atoms. The van der Waals surface area contributed by atoms with E-state index in [2.05, 4.69) is 29.4 Å². The van der Waals surface area contributed by atoms with E-state index in [-0.39, 0.29) is 17.5 Å². The predicted octanol–water partition coefficient (Wildman–Crippen LogP) is 2.04. The molecular formula is C16H18N2O2. The van der Waals surface area contributed by atoms with Crippen molar-refractivity contribution < 1.29 is 4.79 Å². The summed E-state index contributed by atoms with van der Waals surface area (Å²) in [6.45, 7) is 4.03. The van der Waals surface area contributed by atoms with E-state index >= 15 is 0 Å². The van der Waals surface area contributed by atoms with E-state index in [4.69, 9.17) is 0 Å². The first-order valence-corrected chi connectivity index (χ1v) is 6.60. The summed E-state index contributed by atoms with van der Waals surface area (Å²) in [6.07, 6.45) is 2.21. The van der Waals surface area contributed by atoms with Crippen molar-refractivity contribution in [2.24, 2.45) is 0 Å². The van der Waals surface area contributed by atoms with Crippen LogP contribution >= 0.6 is 0 Å². The van der Waals surface area contributed by atoms with Crippen LogP contribution in [0.25, 0.3) is 0 Å². The summed E-state index contributed by atoms with van der Waals surface area (Å²) < 4.78 is 0. The molecule has 0 saturated heterocycles. The lowest BCUT2D eigenvalue weighted by molar-refractivity contribution is 0.0939. The van der Waals surface area contributed by atoms with Crippen LogP contribution in [-0.2, 0) is 6.42 Å². The standard InChI is InChI=1S/C16H18N2O2/c1-11-5-3-4-6-13(11)9-12(2)18-16(20)14-7-8-15(19)17-10-14/h3-8,10,12H,9H2,1-2H3,(H,17,19)(H,18,20). The molecule has 1 atom stereocenters. The van der Waals surface area contributed by atoms with Crippen LogP contribution in [0, 0.1) is 6.92 Å². The average Bonchev–Trinajstić information content (AvgIpc) is 2.42. The molecule has 1 aromatic heterocycles. The van der Waals surface area contributed by atoms with Crippen molar-refractivity contribution in [2.45, 2.75) is 26.3 Å². The maximum Gasteiger partial charge on any atom is 0.252 e. The average molecular weight is 270 g/mol. The number of H-pyrrole nitrogens is 1. The summed E-state index contributed by atoms with van der Waals surface area (Å²) in [5.41, 5.74) is 2.69. The van der Waals surface area contributed by atoms with Gasteiger partial charge in [-0.05, 0) is 37.5 Å². The van der Waals surface area contributed by atoms with Crippen LogP contribution in [0.1, 0.15) is 28.4 Å². The van der Waals surface area contributed by atoms with Gasteiger partial charge in [-0.1, -0.05) is 24.3 Å². The van der Waals surface area contributed by atoms with Crippen LogP contribution in [0.4, 0.5) is 0 Å². The van der Waals surface area contributed by atoms with E-state index in [1.807, 2.05) is 19.1 Å². The second-order valence-corrected chi connectivity index (χ2v) is 4.95. The predicted molar refractivity (Wildman–Crippen MR) is 78.9 cm³/mol. The first kappa shape index (κ1) is 14.1. The molecule has 0 bridgehead atoms. The van der Waals surface area contributed by atoms with Crippen molar-refractivity contribution in [3.05, 3.63) is 69.6 Å². The zero-order chi connectivity index (χ0) is 14.5. The Hall–Kier alpha value is -2.36. The Kier molecular flexibility index (Phi) is 4.35. The lowest BCUT2D eigenvalue weighted by Crippen LogP contribution is -2.34. The molecule has 0 saturated carbocycles. The molecule has 0 radical (unpaired) electrons. The van der Waals surface area contributed by atoms with E-state index in [1.165, 1.54) is 29.5 Å². The van der Waals surface area contributed by atoms with Gasteiger partial charge in [0.15, 0.2) is 0 Å². The molecule has 1 heterocycles. The molecule has 4 heteroatoms. The van der Waals surface area contributed by atoms with Crippen LogP contribution in [0.2, 0.25) is 0 Å². The minimum Gasteiger partial charge on any atom is -0.349 e. The summed E-state index contributed by atoms with van der Waals surface area (Å²) in [4.78, 5) is 25.5. The third-order valence-electron chi connectivity index (χ3n) is 3.21. The Morgan fingerprint density at radius 2 is 2.00 bits per heavy atom. The molecule has 0 aliphatic rings. The van der Waals surface area contributed by atoms with Crippen LogP contribution in [-0.4, -0.2) is 16.9 Å². The monoisotopic (exact) mass is 270 g/mol. The van der Waals surface area contributed by atoms with Crippen molar-refractivity contribution in [3.8, 4) is 0 Å². The summed E-state index contributed by atoms with van der Waals surface area (Å²) in [7, 11) is 0. The highest BCUT2D eigenvalue weighted by Crippen LogP contribution is 2.09. The number of benzene rings is 1. The number of aromatic amines is 1. The number of carbonyl (C=O) groups is 1. The second kappa shape index (κ2) is 6.19. The van der Waals surface area contributed by atoms with Crippen LogP contribution < -0.4 is 10.9 Å². The van der Waals surface area contributed by atoms with Gasteiger partial charge in [0.25, 0.3) is 5.91 Å². The van der Waals surface area contributed by atoms with Crippen molar-refractivity contribution in [1.29, 1.82) is 0 Å². The number of carbonyl (C=O) groups excluding carboxylic acids is 1. The largest absolute Gasteiger partial charge is 0.349 e. The molecule has 2 rings (SSSR count). The van der Waals surface area contributed by atoms with Gasteiger partial charge in [0.05, 0.1) is 5.56 Å². The molecule has 20 heavy (non-hydrogen) atoms. The fourth-order valence-corrected chi connectivity index (χ4v) is 2.08. The number of aromatic nitrogens is 1. The third kappa shape index (κ3) is 3.57. The molecule has 4 nitrogen and oxygen atoms in total. The van der Waals surface area contributed by atoms with E-state index in [0.29, 0.717) is 5.56 Å². The van der Waals surface area contributed by atoms with Gasteiger partial charge in [-0.15, -0.1) is 0 Å². The van der Waals surface area contributed by atoms with Gasteiger partial charge in [0.1, 0.15) is 0 Å². The minimum absolute atomic E-state index is 0.0236. The molecule has 0 aliphatic carbocycles. The Balaban J connectivity index is 1.99. The number of hydrogen-bond acceptors (Lipinski definition) is 2. The van der Waals surface area contributed by atoms with E-state index in [1.54, 1.807) is 0 Å². The quantitative estimate of drug-likeness (QED) is 0.893. The van der Waals surface area contributed by atoms with E-state index in [9.17, 15) is 9.59 Å². The lowest BCUT2D eigenvalue weighted by atomic mass is 10.0. The third-order valence-corrected chi connectivity index (χ3v) is 3.21. The van der Waals surface area contributed by atoms with Crippen molar-refractivity contribution in [3.63, 3.8) is 0 Å². The summed E-state index contributed by atoms with van der Waals surface area (Å²) >= 11 is 0. The number of pyridine rings is 1. The zero-order valence-corrected chi connectivity index (χ0v) is 11.6. The first-order chi connectivity index (χ1) is 9.56. The molecule has 104 valence electrons. The molecule has 2 N–H and O–H groups in total. The Bertz CT molecular complexity index is 641. The SMILES string of the molecule is Cc1ccccc1CC(C)NC(=O)c1ccc(=O)[nH]c1. The van der Waals surface area contributed by atoms with E-state index in [0.717, 1.165) is 6.42 Å². The van der Waals surface area contributed by atoms with Crippen molar-refractivity contribution >= 4 is 5.91 Å². The highest BCUT2D eigenvalue weighted by Gasteiger charge is 2.11. The highest BCUT2D eigenvalue weighted by atomic mass is 16.2. The van der Waals surface area contributed by atoms with E-state index < -0.39 is 0 Å². The number of rotatable bonds is 4. The van der Waals surface area contributed by atoms with Gasteiger partial charge in [0, 0.05) is 18.3 Å². The second-order valence-electron chi connectivity index (χ2n) is 4.95. The lowest BCUT2D eigenvalue weighted by Gasteiger charge is -2.15. The van der Waals surface area contributed by atoms with Gasteiger partial charge in [-0.25, -0.2) is 0 Å². The number of aryl methyl sites for hydroxylation is 1. The summed E-state index contributed by atoms with van der Waals surface area (Å²) in [5, 5.41) is 2.93. The highest BCUT2D eigenvalue weighted by molar-refractivity contribution is 5.93. The number of hydrogen-bond donors (Lipinski definition) is 2. The van der Waals surface area contributed by atoms with Gasteiger partial charge in [0.2, 0.25) is 5.56 Å². The van der Waals surface area contributed by atoms with Crippen LogP contribution in [0.5, 0.6) is 0 Å². The maximum atomic E-state index is 12.0. The molecule has 2 aromatic rings. The van der Waals surface area contributed by atoms with Gasteiger partial charge >= 0.3 is 0 Å². The molecule has 1 unspecified atom stereocenters. The number of nitrogens with one attached hydrogen (secondary N) is 2. The smallest absolute Gasteiger partial charge is 0.252 e. The normalized spacial score (nSPS) is 11.9. The van der Waals surface area contributed by atoms with Gasteiger partial charge in [-0.3, -0.25) is 9.59 Å². The molecule has 1 amide bonds. The first-order valence-electron chi connectivity index (χ1n) is 6.60. The fraction of sp³-hybridized carbons (Fsp3) is 0.250. The molecule has 0 fully saturated rings. The Labute approximate surface area is 117 Å². The summed E-state index contributed by atoms with van der Waals surface area (Å²) in [6, 6.07) is 11.0. The van der Waals surface area contributed by atoms with Crippen molar-refractivity contribution in [1.82, 2.24) is 10.3 Å². The van der Waals surface area contributed by atoms with Crippen molar-refractivity contribution in [2.75, 3.05) is 0 Å². The fourth-order valence-electron chi connectivity index (χ4n) is 2.08. The van der Waals surface area contributed by atoms with Crippen LogP contribution in [0.15, 0.2) is 47.4 Å². The molecule has 0 aliphatic heterocycles.